The van der Waals surface area contributed by atoms with Gasteiger partial charge in [-0.2, -0.15) is 0 Å². The summed E-state index contributed by atoms with van der Waals surface area (Å²) in [5.74, 6) is 2.20. The van der Waals surface area contributed by atoms with Gasteiger partial charge in [0.25, 0.3) is 0 Å². The molecule has 0 aliphatic heterocycles. The maximum absolute atomic E-state index is 12.6. The van der Waals surface area contributed by atoms with Crippen molar-refractivity contribution in [1.29, 1.82) is 0 Å². The Morgan fingerprint density at radius 3 is 2.17 bits per heavy atom. The number of allylic oxidation sites excluding steroid dienone is 1. The smallest absolute Gasteiger partial charge is 0.185 e. The molecule has 0 aliphatic rings. The molecule has 4 nitrogen and oxygen atoms in total. The summed E-state index contributed by atoms with van der Waals surface area (Å²) >= 11 is 0. The highest BCUT2D eigenvalue weighted by atomic mass is 16.5. The van der Waals surface area contributed by atoms with E-state index < -0.39 is 0 Å². The molecule has 29 heavy (non-hydrogen) atoms. The molecule has 0 N–H and O–H groups in total. The lowest BCUT2D eigenvalue weighted by Gasteiger charge is -2.18. The number of aryl methyl sites for hydroxylation is 1. The first kappa shape index (κ1) is 22.5. The second-order valence-corrected chi connectivity index (χ2v) is 7.56. The highest BCUT2D eigenvalue weighted by Crippen LogP contribution is 2.31. The first-order chi connectivity index (χ1) is 13.8. The van der Waals surface area contributed by atoms with E-state index in [0.29, 0.717) is 17.9 Å². The lowest BCUT2D eigenvalue weighted by Crippen LogP contribution is -2.10. The molecular weight excluding hydrogens is 364 g/mol. The van der Waals surface area contributed by atoms with Crippen LogP contribution in [0, 0.1) is 6.92 Å². The molecular formula is C25H32O4. The van der Waals surface area contributed by atoms with Gasteiger partial charge < -0.3 is 14.2 Å². The van der Waals surface area contributed by atoms with E-state index in [4.69, 9.17) is 14.2 Å². The normalized spacial score (nSPS) is 11.3. The summed E-state index contributed by atoms with van der Waals surface area (Å²) in [5, 5.41) is 0. The Balaban J connectivity index is 2.23. The summed E-state index contributed by atoms with van der Waals surface area (Å²) in [4.78, 5) is 12.6. The number of hydrogen-bond acceptors (Lipinski definition) is 4. The highest BCUT2D eigenvalue weighted by Gasteiger charge is 2.11. The number of carbonyl (C=O) groups is 1. The van der Waals surface area contributed by atoms with Crippen molar-refractivity contribution in [2.75, 3.05) is 6.61 Å². The summed E-state index contributed by atoms with van der Waals surface area (Å²) in [7, 11) is 0. The minimum atomic E-state index is -0.0669. The van der Waals surface area contributed by atoms with Crippen LogP contribution in [0.5, 0.6) is 17.2 Å². The van der Waals surface area contributed by atoms with Crippen LogP contribution < -0.4 is 14.2 Å². The van der Waals surface area contributed by atoms with Crippen LogP contribution in [0.25, 0.3) is 6.08 Å². The summed E-state index contributed by atoms with van der Waals surface area (Å²) in [6, 6.07) is 11.1. The third-order valence-corrected chi connectivity index (χ3v) is 4.06. The topological polar surface area (TPSA) is 44.8 Å². The summed E-state index contributed by atoms with van der Waals surface area (Å²) in [6.45, 7) is 12.7. The van der Waals surface area contributed by atoms with Gasteiger partial charge in [0.05, 0.1) is 18.8 Å². The van der Waals surface area contributed by atoms with Gasteiger partial charge in [-0.25, -0.2) is 0 Å². The first-order valence-corrected chi connectivity index (χ1v) is 10.2. The molecule has 0 aliphatic carbocycles. The number of hydrogen-bond donors (Lipinski definition) is 0. The molecule has 0 fully saturated rings. The first-order valence-electron chi connectivity index (χ1n) is 10.2. The fourth-order valence-electron chi connectivity index (χ4n) is 2.76. The van der Waals surface area contributed by atoms with E-state index >= 15 is 0 Å². The van der Waals surface area contributed by atoms with Gasteiger partial charge in [-0.1, -0.05) is 6.92 Å². The molecule has 0 heterocycles. The van der Waals surface area contributed by atoms with Gasteiger partial charge in [0.15, 0.2) is 5.78 Å². The van der Waals surface area contributed by atoms with Crippen LogP contribution in [0.15, 0.2) is 42.5 Å². The quantitative estimate of drug-likeness (QED) is 0.351. The molecule has 0 bridgehead atoms. The second-order valence-electron chi connectivity index (χ2n) is 7.56. The number of ketones is 1. The molecule has 0 saturated carbocycles. The Hall–Kier alpha value is -2.75. The van der Waals surface area contributed by atoms with Gasteiger partial charge in [-0.05, 0) is 89.1 Å². The zero-order valence-corrected chi connectivity index (χ0v) is 18.3. The van der Waals surface area contributed by atoms with E-state index in [9.17, 15) is 4.79 Å². The fraction of sp³-hybridized carbons (Fsp3) is 0.400. The van der Waals surface area contributed by atoms with Crippen molar-refractivity contribution in [2.45, 2.75) is 60.2 Å². The van der Waals surface area contributed by atoms with E-state index in [2.05, 4.69) is 6.92 Å². The predicted molar refractivity (Wildman–Crippen MR) is 118 cm³/mol. The molecule has 0 spiro atoms. The highest BCUT2D eigenvalue weighted by molar-refractivity contribution is 6.07. The monoisotopic (exact) mass is 396 g/mol. The SMILES string of the molecule is CCCOc1ccc(C(=O)C=Cc2cc(C)c(OC(C)C)cc2OC(C)C)cc1. The number of rotatable bonds is 10. The van der Waals surface area contributed by atoms with Crippen LogP contribution in [0.4, 0.5) is 0 Å². The van der Waals surface area contributed by atoms with Crippen molar-refractivity contribution in [3.8, 4) is 17.2 Å². The lowest BCUT2D eigenvalue weighted by atomic mass is 10.1. The van der Waals surface area contributed by atoms with Crippen molar-refractivity contribution in [3.05, 3.63) is 59.2 Å². The van der Waals surface area contributed by atoms with E-state index in [1.54, 1.807) is 24.3 Å². The maximum atomic E-state index is 12.6. The van der Waals surface area contributed by atoms with Crippen LogP contribution >= 0.6 is 0 Å². The van der Waals surface area contributed by atoms with Crippen molar-refractivity contribution in [3.63, 3.8) is 0 Å². The molecule has 0 radical (unpaired) electrons. The van der Waals surface area contributed by atoms with Crippen LogP contribution in [0.1, 0.15) is 62.5 Å². The van der Waals surface area contributed by atoms with Crippen molar-refractivity contribution in [1.82, 2.24) is 0 Å². The lowest BCUT2D eigenvalue weighted by molar-refractivity contribution is 0.104. The van der Waals surface area contributed by atoms with Gasteiger partial charge in [0.2, 0.25) is 0 Å². The number of ether oxygens (including phenoxy) is 3. The Kier molecular flexibility index (Phi) is 8.32. The molecule has 2 rings (SSSR count). The molecule has 0 atom stereocenters. The maximum Gasteiger partial charge on any atom is 0.185 e. The average molecular weight is 397 g/mol. The zero-order valence-electron chi connectivity index (χ0n) is 18.3. The van der Waals surface area contributed by atoms with Gasteiger partial charge in [0.1, 0.15) is 17.2 Å². The Bertz CT molecular complexity index is 833. The standard InChI is InChI=1S/C25H32O4/c1-7-14-27-22-11-8-20(9-12-22)23(26)13-10-21-15-19(6)24(28-17(2)3)16-25(21)29-18(4)5/h8-13,15-18H,7,14H2,1-6H3. The van der Waals surface area contributed by atoms with Crippen molar-refractivity contribution >= 4 is 11.9 Å². The molecule has 0 aromatic heterocycles. The molecule has 2 aromatic rings. The van der Waals surface area contributed by atoms with E-state index in [1.807, 2.05) is 58.9 Å². The van der Waals surface area contributed by atoms with E-state index in [-0.39, 0.29) is 18.0 Å². The second kappa shape index (κ2) is 10.7. The van der Waals surface area contributed by atoms with Gasteiger partial charge in [-0.15, -0.1) is 0 Å². The Morgan fingerprint density at radius 2 is 1.59 bits per heavy atom. The zero-order chi connectivity index (χ0) is 21.4. The van der Waals surface area contributed by atoms with Crippen molar-refractivity contribution in [2.24, 2.45) is 0 Å². The van der Waals surface area contributed by atoms with Gasteiger partial charge in [-0.3, -0.25) is 4.79 Å². The minimum absolute atomic E-state index is 0.0168. The van der Waals surface area contributed by atoms with Crippen molar-refractivity contribution < 1.29 is 19.0 Å². The van der Waals surface area contributed by atoms with Crippen LogP contribution in [-0.4, -0.2) is 24.6 Å². The summed E-state index contributed by atoms with van der Waals surface area (Å²) < 4.78 is 17.4. The van der Waals surface area contributed by atoms with Crippen LogP contribution in [0.3, 0.4) is 0 Å². The van der Waals surface area contributed by atoms with E-state index in [0.717, 1.165) is 29.0 Å². The molecule has 156 valence electrons. The average Bonchev–Trinajstić information content (AvgIpc) is 2.67. The molecule has 0 unspecified atom stereocenters. The van der Waals surface area contributed by atoms with E-state index in [1.165, 1.54) is 0 Å². The summed E-state index contributed by atoms with van der Waals surface area (Å²) in [5.41, 5.74) is 2.47. The van der Waals surface area contributed by atoms with Crippen LogP contribution in [-0.2, 0) is 0 Å². The molecule has 0 saturated heterocycles. The number of benzene rings is 2. The third-order valence-electron chi connectivity index (χ3n) is 4.06. The number of carbonyl (C=O) groups excluding carboxylic acids is 1. The third kappa shape index (κ3) is 6.97. The molecule has 4 heteroatoms. The Labute approximate surface area is 174 Å². The van der Waals surface area contributed by atoms with Gasteiger partial charge in [0, 0.05) is 17.2 Å². The largest absolute Gasteiger partial charge is 0.494 e. The van der Waals surface area contributed by atoms with Gasteiger partial charge >= 0.3 is 0 Å². The predicted octanol–water partition coefficient (Wildman–Crippen LogP) is 6.25. The molecule has 2 aromatic carbocycles. The molecule has 0 amide bonds. The minimum Gasteiger partial charge on any atom is -0.494 e. The Morgan fingerprint density at radius 1 is 0.966 bits per heavy atom. The summed E-state index contributed by atoms with van der Waals surface area (Å²) in [6.07, 6.45) is 4.42. The van der Waals surface area contributed by atoms with Crippen LogP contribution in [0.2, 0.25) is 0 Å². The fourth-order valence-corrected chi connectivity index (χ4v) is 2.76.